The zero-order valence-electron chi connectivity index (χ0n) is 13.5. The van der Waals surface area contributed by atoms with Crippen molar-refractivity contribution in [2.24, 2.45) is 10.7 Å². The van der Waals surface area contributed by atoms with E-state index in [2.05, 4.69) is 36.7 Å². The van der Waals surface area contributed by atoms with E-state index in [9.17, 15) is 0 Å². The fourth-order valence-electron chi connectivity index (χ4n) is 2.94. The lowest BCUT2D eigenvalue weighted by Crippen LogP contribution is -2.51. The summed E-state index contributed by atoms with van der Waals surface area (Å²) in [6.07, 6.45) is 1.01. The van der Waals surface area contributed by atoms with Gasteiger partial charge >= 0.3 is 0 Å². The minimum absolute atomic E-state index is 0.251. The first-order valence-electron chi connectivity index (χ1n) is 7.29. The molecular weight excluding hydrogens is 266 g/mol. The van der Waals surface area contributed by atoms with Gasteiger partial charge in [-0.1, -0.05) is 13.0 Å². The predicted molar refractivity (Wildman–Crippen MR) is 85.0 cm³/mol. The molecule has 0 aliphatic carbocycles. The molecule has 1 aliphatic heterocycles. The molecule has 1 aromatic carbocycles. The number of ether oxygens (including phenoxy) is 2. The Labute approximate surface area is 126 Å². The van der Waals surface area contributed by atoms with Gasteiger partial charge < -0.3 is 20.1 Å². The van der Waals surface area contributed by atoms with Crippen molar-refractivity contribution in [3.63, 3.8) is 0 Å². The number of guanidine groups is 1. The Bertz CT molecular complexity index is 544. The van der Waals surface area contributed by atoms with E-state index in [-0.39, 0.29) is 5.54 Å². The van der Waals surface area contributed by atoms with Gasteiger partial charge in [0.1, 0.15) is 0 Å². The van der Waals surface area contributed by atoms with Crippen LogP contribution in [-0.4, -0.2) is 37.7 Å². The first-order chi connectivity index (χ1) is 9.97. The number of hydrogen-bond donors (Lipinski definition) is 1. The highest BCUT2D eigenvalue weighted by molar-refractivity contribution is 5.81. The quantitative estimate of drug-likeness (QED) is 0.904. The summed E-state index contributed by atoms with van der Waals surface area (Å²) in [5, 5.41) is 0. The minimum atomic E-state index is -0.251. The van der Waals surface area contributed by atoms with Crippen LogP contribution in [0.4, 0.5) is 0 Å². The Balaban J connectivity index is 2.44. The van der Waals surface area contributed by atoms with Crippen molar-refractivity contribution in [3.8, 4) is 11.5 Å². The Morgan fingerprint density at radius 3 is 2.57 bits per heavy atom. The van der Waals surface area contributed by atoms with Crippen LogP contribution >= 0.6 is 0 Å². The predicted octanol–water partition coefficient (Wildman–Crippen LogP) is 2.35. The molecule has 0 saturated heterocycles. The fraction of sp³-hybridized carbons (Fsp3) is 0.562. The molecule has 5 heteroatoms. The highest BCUT2D eigenvalue weighted by Crippen LogP contribution is 2.38. The molecule has 2 atom stereocenters. The van der Waals surface area contributed by atoms with Crippen LogP contribution in [0.1, 0.15) is 32.8 Å². The Hall–Kier alpha value is -1.91. The number of nitrogens with two attached hydrogens (primary N) is 1. The lowest BCUT2D eigenvalue weighted by atomic mass is 9.89. The highest BCUT2D eigenvalue weighted by Gasteiger charge is 2.41. The molecule has 21 heavy (non-hydrogen) atoms. The van der Waals surface area contributed by atoms with Gasteiger partial charge in [-0.25, -0.2) is 0 Å². The Morgan fingerprint density at radius 1 is 1.33 bits per heavy atom. The van der Waals surface area contributed by atoms with Crippen LogP contribution < -0.4 is 15.2 Å². The van der Waals surface area contributed by atoms with Crippen LogP contribution in [0, 0.1) is 0 Å². The van der Waals surface area contributed by atoms with Crippen molar-refractivity contribution in [2.75, 3.05) is 20.8 Å². The second-order valence-corrected chi connectivity index (χ2v) is 5.65. The molecular formula is C16H25N3O2. The van der Waals surface area contributed by atoms with E-state index in [1.807, 2.05) is 12.1 Å². The van der Waals surface area contributed by atoms with Crippen LogP contribution in [0.2, 0.25) is 0 Å². The molecule has 0 amide bonds. The third-order valence-electron chi connectivity index (χ3n) is 4.36. The molecule has 1 heterocycles. The molecule has 2 rings (SSSR count). The third-order valence-corrected chi connectivity index (χ3v) is 4.36. The van der Waals surface area contributed by atoms with E-state index >= 15 is 0 Å². The number of hydrogen-bond acceptors (Lipinski definition) is 5. The average molecular weight is 291 g/mol. The summed E-state index contributed by atoms with van der Waals surface area (Å²) in [6.45, 7) is 7.15. The summed E-state index contributed by atoms with van der Waals surface area (Å²) >= 11 is 0. The largest absolute Gasteiger partial charge is 0.493 e. The summed E-state index contributed by atoms with van der Waals surface area (Å²) in [7, 11) is 3.29. The maximum Gasteiger partial charge on any atom is 0.192 e. The molecule has 2 N–H and O–H groups in total. The lowest BCUT2D eigenvalue weighted by Gasteiger charge is -2.40. The van der Waals surface area contributed by atoms with E-state index < -0.39 is 0 Å². The highest BCUT2D eigenvalue weighted by atomic mass is 16.5. The number of benzene rings is 1. The van der Waals surface area contributed by atoms with Gasteiger partial charge in [0.2, 0.25) is 0 Å². The smallest absolute Gasteiger partial charge is 0.192 e. The second-order valence-electron chi connectivity index (χ2n) is 5.65. The third kappa shape index (κ3) is 2.52. The van der Waals surface area contributed by atoms with Crippen molar-refractivity contribution >= 4 is 5.96 Å². The molecule has 0 aromatic heterocycles. The van der Waals surface area contributed by atoms with Gasteiger partial charge in [0, 0.05) is 6.04 Å². The first-order valence-corrected chi connectivity index (χ1v) is 7.29. The van der Waals surface area contributed by atoms with Crippen molar-refractivity contribution in [3.05, 3.63) is 23.8 Å². The summed E-state index contributed by atoms with van der Waals surface area (Å²) in [5.41, 5.74) is 6.99. The van der Waals surface area contributed by atoms with Gasteiger partial charge in [-0.05, 0) is 38.0 Å². The molecule has 116 valence electrons. The van der Waals surface area contributed by atoms with Crippen molar-refractivity contribution in [2.45, 2.75) is 38.8 Å². The number of nitrogens with zero attached hydrogens (tertiary/aromatic N) is 2. The molecule has 1 aromatic rings. The van der Waals surface area contributed by atoms with Crippen LogP contribution in [0.15, 0.2) is 23.2 Å². The molecule has 2 unspecified atom stereocenters. The second kappa shape index (κ2) is 5.84. The topological polar surface area (TPSA) is 60.1 Å². The van der Waals surface area contributed by atoms with Gasteiger partial charge in [0.05, 0.1) is 26.3 Å². The molecule has 5 nitrogen and oxygen atoms in total. The van der Waals surface area contributed by atoms with Gasteiger partial charge in [-0.3, -0.25) is 4.99 Å². The molecule has 0 saturated carbocycles. The number of aliphatic imine (C=N–C) groups is 1. The molecule has 1 aliphatic rings. The van der Waals surface area contributed by atoms with E-state index in [4.69, 9.17) is 15.2 Å². The van der Waals surface area contributed by atoms with Crippen molar-refractivity contribution in [1.29, 1.82) is 0 Å². The summed E-state index contributed by atoms with van der Waals surface area (Å²) in [4.78, 5) is 6.67. The Kier molecular flexibility index (Phi) is 4.30. The molecule has 0 radical (unpaired) electrons. The van der Waals surface area contributed by atoms with Crippen molar-refractivity contribution in [1.82, 2.24) is 4.90 Å². The van der Waals surface area contributed by atoms with E-state index in [1.54, 1.807) is 14.2 Å². The van der Waals surface area contributed by atoms with Gasteiger partial charge in [-0.15, -0.1) is 0 Å². The number of methoxy groups -OCH3 is 2. The van der Waals surface area contributed by atoms with Crippen LogP contribution in [-0.2, 0) is 5.54 Å². The summed E-state index contributed by atoms with van der Waals surface area (Å²) in [6, 6.07) is 6.34. The van der Waals surface area contributed by atoms with Crippen LogP contribution in [0.3, 0.4) is 0 Å². The Morgan fingerprint density at radius 2 is 2.00 bits per heavy atom. The number of rotatable bonds is 5. The van der Waals surface area contributed by atoms with Gasteiger partial charge in [0.25, 0.3) is 0 Å². The van der Waals surface area contributed by atoms with Crippen LogP contribution in [0.25, 0.3) is 0 Å². The SMILES string of the molecule is CCC(C)N1C(N)=NCC1(C)c1ccc(OC)c(OC)c1. The minimum Gasteiger partial charge on any atom is -0.493 e. The standard InChI is InChI=1S/C16H25N3O2/c1-6-11(2)19-15(17)18-10-16(19,3)12-7-8-13(20-4)14(9-12)21-5/h7-9,11H,6,10H2,1-5H3,(H2,17,18). The van der Waals surface area contributed by atoms with E-state index in [0.29, 0.717) is 18.5 Å². The first kappa shape index (κ1) is 15.5. The normalized spacial score (nSPS) is 22.9. The lowest BCUT2D eigenvalue weighted by molar-refractivity contribution is 0.171. The summed E-state index contributed by atoms with van der Waals surface area (Å²) < 4.78 is 10.7. The zero-order chi connectivity index (χ0) is 15.6. The van der Waals surface area contributed by atoms with Crippen LogP contribution in [0.5, 0.6) is 11.5 Å². The average Bonchev–Trinajstić information content (AvgIpc) is 2.82. The molecule has 0 fully saturated rings. The maximum absolute atomic E-state index is 6.12. The van der Waals surface area contributed by atoms with Gasteiger partial charge in [0.15, 0.2) is 17.5 Å². The van der Waals surface area contributed by atoms with E-state index in [1.165, 1.54) is 0 Å². The molecule has 0 bridgehead atoms. The van der Waals surface area contributed by atoms with Crippen molar-refractivity contribution < 1.29 is 9.47 Å². The monoisotopic (exact) mass is 291 g/mol. The summed E-state index contributed by atoms with van der Waals surface area (Å²) in [5.74, 6) is 2.07. The maximum atomic E-state index is 6.12. The van der Waals surface area contributed by atoms with Gasteiger partial charge in [-0.2, -0.15) is 0 Å². The zero-order valence-corrected chi connectivity index (χ0v) is 13.5. The molecule has 0 spiro atoms. The van der Waals surface area contributed by atoms with E-state index in [0.717, 1.165) is 23.5 Å². The fourth-order valence-corrected chi connectivity index (χ4v) is 2.94.